The smallest absolute Gasteiger partial charge is 0.163 e. The molecule has 2 fully saturated rings. The van der Waals surface area contributed by atoms with Crippen molar-refractivity contribution >= 4 is 29.5 Å². The second kappa shape index (κ2) is 21.3. The minimum Gasteiger partial charge on any atom is -0.507 e. The SMILES string of the molecule is C[C@H]1CC[C@H]([C@H]2C#C[C@H]3Nc4[nH]ccc4Cc4cc(ccc4C[C@@H]2O)[C@H](O)c2cc(cc(OC4CCCC4)c2O)CCC(=O)[C@@H](CCO)C(=O)[C@H]2C3=Cc3[nH]ccc3[C@@H]2C[C@]2(O)C=Cc3c(O)cccc3CC2)NC1. The number of aryl methyl sites for hydroxylation is 2. The Morgan fingerprint density at radius 2 is 1.69 bits per heavy atom. The molecule has 11 rings (SSSR count). The Balaban J connectivity index is 1.10. The normalized spacial score (nSPS) is 29.0. The van der Waals surface area contributed by atoms with Gasteiger partial charge in [0.2, 0.25) is 0 Å². The number of aromatic hydroxyl groups is 2. The van der Waals surface area contributed by atoms with Gasteiger partial charge in [0.25, 0.3) is 0 Å². The average molecular weight is 1020 g/mol. The van der Waals surface area contributed by atoms with Crippen LogP contribution in [0.4, 0.5) is 5.82 Å². The first-order valence-corrected chi connectivity index (χ1v) is 27.3. The summed E-state index contributed by atoms with van der Waals surface area (Å²) in [5.74, 6) is 4.16. The number of hydrogen-bond acceptors (Lipinski definition) is 11. The molecular weight excluding hydrogens is 945 g/mol. The molecule has 5 aromatic rings. The molecule has 1 saturated heterocycles. The van der Waals surface area contributed by atoms with Crippen molar-refractivity contribution in [1.29, 1.82) is 0 Å². The monoisotopic (exact) mass is 1010 g/mol. The highest BCUT2D eigenvalue weighted by atomic mass is 16.5. The second-order valence-electron chi connectivity index (χ2n) is 22.4. The second-order valence-corrected chi connectivity index (χ2v) is 22.4. The fraction of sp³-hybridized carbons (Fsp3) is 0.452. The van der Waals surface area contributed by atoms with E-state index in [0.717, 1.165) is 78.6 Å². The molecule has 392 valence electrons. The molecule has 5 bridgehead atoms. The van der Waals surface area contributed by atoms with E-state index in [2.05, 4.69) is 39.4 Å². The van der Waals surface area contributed by atoms with Gasteiger partial charge in [0.15, 0.2) is 17.3 Å². The highest BCUT2D eigenvalue weighted by molar-refractivity contribution is 6.05. The highest BCUT2D eigenvalue weighted by Gasteiger charge is 2.47. The number of rotatable bonds is 7. The number of aliphatic hydroxyl groups is 4. The van der Waals surface area contributed by atoms with E-state index < -0.39 is 59.9 Å². The molecule has 1 saturated carbocycles. The van der Waals surface area contributed by atoms with Gasteiger partial charge in [0.1, 0.15) is 29.5 Å². The molecule has 6 aliphatic rings. The summed E-state index contributed by atoms with van der Waals surface area (Å²) in [5.41, 5.74) is 6.22. The minimum atomic E-state index is -1.46. The minimum absolute atomic E-state index is 0.0812. The van der Waals surface area contributed by atoms with Crippen LogP contribution in [0.5, 0.6) is 17.2 Å². The first-order valence-electron chi connectivity index (χ1n) is 27.3. The largest absolute Gasteiger partial charge is 0.507 e. The number of aliphatic hydroxyl groups excluding tert-OH is 3. The number of hydrogen-bond donors (Lipinski definition) is 10. The average Bonchev–Trinajstić information content (AvgIpc) is 4.18. The summed E-state index contributed by atoms with van der Waals surface area (Å²) in [5, 5.41) is 78.9. The van der Waals surface area contributed by atoms with Gasteiger partial charge in [-0.1, -0.05) is 61.2 Å². The quantitative estimate of drug-likeness (QED) is 0.0554. The number of aromatic nitrogens is 2. The number of aromatic amines is 2. The lowest BCUT2D eigenvalue weighted by Gasteiger charge is -2.39. The Labute approximate surface area is 438 Å². The van der Waals surface area contributed by atoms with Gasteiger partial charge in [-0.2, -0.15) is 0 Å². The van der Waals surface area contributed by atoms with Crippen molar-refractivity contribution < 1.29 is 45.0 Å². The number of benzene rings is 3. The van der Waals surface area contributed by atoms with Crippen LogP contribution in [-0.4, -0.2) is 95.2 Å². The van der Waals surface area contributed by atoms with Gasteiger partial charge in [0.05, 0.1) is 29.6 Å². The molecule has 3 aliphatic carbocycles. The van der Waals surface area contributed by atoms with E-state index in [1.807, 2.05) is 54.9 Å². The van der Waals surface area contributed by atoms with Crippen molar-refractivity contribution in [2.24, 2.45) is 23.7 Å². The van der Waals surface area contributed by atoms with Crippen LogP contribution in [0.1, 0.15) is 139 Å². The van der Waals surface area contributed by atoms with Crippen LogP contribution < -0.4 is 15.4 Å². The van der Waals surface area contributed by atoms with Gasteiger partial charge < -0.3 is 56.0 Å². The van der Waals surface area contributed by atoms with Crippen LogP contribution in [0.15, 0.2) is 84.7 Å². The zero-order valence-electron chi connectivity index (χ0n) is 42.7. The van der Waals surface area contributed by atoms with E-state index in [9.17, 15) is 30.6 Å². The first kappa shape index (κ1) is 50.7. The zero-order chi connectivity index (χ0) is 52.0. The van der Waals surface area contributed by atoms with Crippen LogP contribution in [0.2, 0.25) is 0 Å². The van der Waals surface area contributed by atoms with Gasteiger partial charge in [-0.15, -0.1) is 0 Å². The molecule has 5 heterocycles. The van der Waals surface area contributed by atoms with Crippen molar-refractivity contribution in [2.45, 2.75) is 139 Å². The Morgan fingerprint density at radius 3 is 2.51 bits per heavy atom. The zero-order valence-corrected chi connectivity index (χ0v) is 42.7. The molecule has 0 spiro atoms. The number of Topliss-reactive ketones (excluding diaryl/α,β-unsaturated/α-hetero) is 2. The number of H-pyrrole nitrogens is 2. The number of piperidine rings is 1. The van der Waals surface area contributed by atoms with Crippen molar-refractivity contribution in [2.75, 3.05) is 18.5 Å². The summed E-state index contributed by atoms with van der Waals surface area (Å²) in [4.78, 5) is 38.0. The van der Waals surface area contributed by atoms with Gasteiger partial charge in [-0.05, 0) is 170 Å². The molecule has 3 aliphatic heterocycles. The molecule has 2 aromatic heterocycles. The Bertz CT molecular complexity index is 3070. The summed E-state index contributed by atoms with van der Waals surface area (Å²) in [6.45, 7) is 2.54. The van der Waals surface area contributed by atoms with E-state index in [1.54, 1.807) is 36.4 Å². The molecule has 0 unspecified atom stereocenters. The number of phenolic OH excluding ortho intramolecular Hbond substituents is 2. The van der Waals surface area contributed by atoms with Crippen molar-refractivity contribution in [3.63, 3.8) is 0 Å². The number of ether oxygens (including phenoxy) is 1. The van der Waals surface area contributed by atoms with Gasteiger partial charge in [0, 0.05) is 66.5 Å². The Kier molecular flexibility index (Phi) is 14.4. The van der Waals surface area contributed by atoms with Crippen LogP contribution in [0.3, 0.4) is 0 Å². The maximum atomic E-state index is 16.2. The van der Waals surface area contributed by atoms with E-state index in [0.29, 0.717) is 53.3 Å². The van der Waals surface area contributed by atoms with E-state index >= 15 is 9.59 Å². The number of carbonyl (C=O) groups is 2. The number of ketones is 2. The molecule has 10 N–H and O–H groups in total. The molecule has 75 heavy (non-hydrogen) atoms. The molecule has 0 amide bonds. The van der Waals surface area contributed by atoms with E-state index in [4.69, 9.17) is 4.74 Å². The van der Waals surface area contributed by atoms with E-state index in [1.165, 1.54) is 0 Å². The standard InChI is InChI=1S/C62H70N4O9/c1-35-9-14-50(65-34-35)45-13-15-51-47-32-52-44(20-25-63-52)49(33-62(74)22-17-37-5-4-8-53(68)43(37)18-23-62)57(47)60(73)46(21-26-67)54(69)16-10-36-27-48(59(72)56(28-36)75-42-6-2-3-7-42)58(71)39-12-11-38(31-55(45)70)41(29-39)30-40-19-24-64-61(40)66-51/h4-5,8,11-12,18-20,23-25,27-29,32,35,42,45-46,49-51,55,57-58,63-68,70-72,74H,2-3,6-7,9-10,14,16-17,21-22,26,30-31,33-34H2,1H3/t35-,45+,46+,49-,50+,51+,55-,57-,58-,62+/m0/s1. The predicted octanol–water partition coefficient (Wildman–Crippen LogP) is 8.11. The number of fused-ring (bicyclic) bond motifs is 8. The molecule has 13 heteroatoms. The number of carbonyl (C=O) groups excluding carboxylic acids is 2. The molecule has 10 atom stereocenters. The maximum Gasteiger partial charge on any atom is 0.163 e. The van der Waals surface area contributed by atoms with Crippen molar-refractivity contribution in [3.8, 4) is 29.1 Å². The number of nitrogens with one attached hydrogen (secondary N) is 4. The number of phenols is 2. The lowest BCUT2D eigenvalue weighted by atomic mass is 9.65. The van der Waals surface area contributed by atoms with Crippen molar-refractivity contribution in [1.82, 2.24) is 15.3 Å². The van der Waals surface area contributed by atoms with Crippen LogP contribution in [0, 0.1) is 35.5 Å². The fourth-order valence-electron chi connectivity index (χ4n) is 13.1. The molecule has 13 nitrogen and oxygen atoms in total. The lowest BCUT2D eigenvalue weighted by Crippen LogP contribution is -2.47. The molecule has 3 aromatic carbocycles. The third kappa shape index (κ3) is 10.4. The Morgan fingerprint density at radius 1 is 0.853 bits per heavy atom. The third-order valence-electron chi connectivity index (χ3n) is 17.3. The summed E-state index contributed by atoms with van der Waals surface area (Å²) >= 11 is 0. The third-order valence-corrected chi connectivity index (χ3v) is 17.3. The fourth-order valence-corrected chi connectivity index (χ4v) is 13.1. The van der Waals surface area contributed by atoms with Crippen molar-refractivity contribution in [3.05, 3.63) is 140 Å². The van der Waals surface area contributed by atoms with Crippen LogP contribution in [0.25, 0.3) is 12.2 Å². The number of anilines is 1. The summed E-state index contributed by atoms with van der Waals surface area (Å²) in [6.07, 6.45) is 13.6. The highest BCUT2D eigenvalue weighted by Crippen LogP contribution is 2.49. The predicted molar refractivity (Wildman–Crippen MR) is 287 cm³/mol. The van der Waals surface area contributed by atoms with Gasteiger partial charge in [-0.25, -0.2) is 0 Å². The maximum absolute atomic E-state index is 16.2. The summed E-state index contributed by atoms with van der Waals surface area (Å²) < 4.78 is 6.47. The first-order chi connectivity index (χ1) is 36.3. The summed E-state index contributed by atoms with van der Waals surface area (Å²) in [6, 6.07) is 17.5. The van der Waals surface area contributed by atoms with Gasteiger partial charge >= 0.3 is 0 Å². The topological polar surface area (TPSA) is 220 Å². The van der Waals surface area contributed by atoms with Crippen LogP contribution >= 0.6 is 0 Å². The Hall–Kier alpha value is -6.40. The summed E-state index contributed by atoms with van der Waals surface area (Å²) in [7, 11) is 0. The van der Waals surface area contributed by atoms with Gasteiger partial charge in [-0.3, -0.25) is 9.59 Å². The molecular formula is C62H70N4O9. The lowest BCUT2D eigenvalue weighted by molar-refractivity contribution is -0.135. The molecule has 0 radical (unpaired) electrons. The van der Waals surface area contributed by atoms with E-state index in [-0.39, 0.29) is 72.8 Å². The van der Waals surface area contributed by atoms with Crippen LogP contribution in [-0.2, 0) is 35.3 Å².